The molecule has 1 aliphatic rings. The van der Waals surface area contributed by atoms with Crippen molar-refractivity contribution in [2.24, 2.45) is 0 Å². The normalized spacial score (nSPS) is 15.4. The molecule has 0 atom stereocenters. The number of carbonyl (C=O) groups excluding carboxylic acids is 2. The van der Waals surface area contributed by atoms with Crippen LogP contribution in [0.25, 0.3) is 0 Å². The van der Waals surface area contributed by atoms with Crippen LogP contribution in [0.3, 0.4) is 0 Å². The molecular formula is C17H23Cl2N3O2. The fourth-order valence-electron chi connectivity index (χ4n) is 2.61. The van der Waals surface area contributed by atoms with Crippen LogP contribution in [0.1, 0.15) is 18.9 Å². The summed E-state index contributed by atoms with van der Waals surface area (Å²) in [6, 6.07) is 5.26. The number of rotatable bonds is 6. The Morgan fingerprint density at radius 1 is 1.12 bits per heavy atom. The van der Waals surface area contributed by atoms with Crippen molar-refractivity contribution in [1.29, 1.82) is 0 Å². The SMILES string of the molecule is CCCNC(=O)CN1CCN(C(=O)Cc2ccc(Cl)c(Cl)c2)CC1. The van der Waals surface area contributed by atoms with Crippen LogP contribution in [-0.4, -0.2) is 60.9 Å². The van der Waals surface area contributed by atoms with Gasteiger partial charge in [-0.25, -0.2) is 0 Å². The molecule has 1 N–H and O–H groups in total. The van der Waals surface area contributed by atoms with E-state index in [1.807, 2.05) is 17.9 Å². The number of hydrogen-bond donors (Lipinski definition) is 1. The van der Waals surface area contributed by atoms with E-state index in [2.05, 4.69) is 10.2 Å². The third-order valence-electron chi connectivity index (χ3n) is 4.00. The van der Waals surface area contributed by atoms with E-state index >= 15 is 0 Å². The lowest BCUT2D eigenvalue weighted by atomic mass is 10.1. The second-order valence-corrected chi connectivity index (χ2v) is 6.75. The first kappa shape index (κ1) is 19.0. The lowest BCUT2D eigenvalue weighted by Crippen LogP contribution is -2.51. The topological polar surface area (TPSA) is 52.7 Å². The van der Waals surface area contributed by atoms with Crippen molar-refractivity contribution in [3.63, 3.8) is 0 Å². The number of benzene rings is 1. The average molecular weight is 372 g/mol. The van der Waals surface area contributed by atoms with Crippen LogP contribution in [0.15, 0.2) is 18.2 Å². The second kappa shape index (κ2) is 9.25. The monoisotopic (exact) mass is 371 g/mol. The molecule has 1 heterocycles. The van der Waals surface area contributed by atoms with E-state index in [0.29, 0.717) is 55.7 Å². The highest BCUT2D eigenvalue weighted by atomic mass is 35.5. The molecule has 0 unspecified atom stereocenters. The summed E-state index contributed by atoms with van der Waals surface area (Å²) in [7, 11) is 0. The van der Waals surface area contributed by atoms with Gasteiger partial charge in [-0.05, 0) is 24.1 Å². The summed E-state index contributed by atoms with van der Waals surface area (Å²) >= 11 is 11.9. The average Bonchev–Trinajstić information content (AvgIpc) is 2.57. The number of amides is 2. The maximum absolute atomic E-state index is 12.4. The Balaban J connectivity index is 1.78. The molecule has 0 aliphatic carbocycles. The van der Waals surface area contributed by atoms with Crippen LogP contribution in [0.2, 0.25) is 10.0 Å². The summed E-state index contributed by atoms with van der Waals surface area (Å²) in [5.74, 6) is 0.121. The van der Waals surface area contributed by atoms with E-state index in [1.165, 1.54) is 0 Å². The molecule has 132 valence electrons. The lowest BCUT2D eigenvalue weighted by molar-refractivity contribution is -0.132. The minimum Gasteiger partial charge on any atom is -0.355 e. The van der Waals surface area contributed by atoms with Crippen LogP contribution in [-0.2, 0) is 16.0 Å². The largest absolute Gasteiger partial charge is 0.355 e. The van der Waals surface area contributed by atoms with E-state index in [0.717, 1.165) is 12.0 Å². The van der Waals surface area contributed by atoms with Crippen molar-refractivity contribution in [3.8, 4) is 0 Å². The van der Waals surface area contributed by atoms with Gasteiger partial charge in [0.05, 0.1) is 23.0 Å². The molecule has 0 spiro atoms. The van der Waals surface area contributed by atoms with Gasteiger partial charge in [0.1, 0.15) is 0 Å². The van der Waals surface area contributed by atoms with Gasteiger partial charge in [-0.1, -0.05) is 36.2 Å². The molecule has 2 rings (SSSR count). The molecule has 0 radical (unpaired) electrons. The van der Waals surface area contributed by atoms with Crippen molar-refractivity contribution in [2.75, 3.05) is 39.3 Å². The second-order valence-electron chi connectivity index (χ2n) is 5.93. The number of piperazine rings is 1. The Hall–Kier alpha value is -1.30. The smallest absolute Gasteiger partial charge is 0.234 e. The Kier molecular flexibility index (Phi) is 7.34. The van der Waals surface area contributed by atoms with Gasteiger partial charge in [0.25, 0.3) is 0 Å². The number of nitrogens with one attached hydrogen (secondary N) is 1. The van der Waals surface area contributed by atoms with E-state index in [4.69, 9.17) is 23.2 Å². The van der Waals surface area contributed by atoms with Crippen LogP contribution in [0.4, 0.5) is 0 Å². The molecule has 1 aromatic rings. The van der Waals surface area contributed by atoms with Crippen molar-refractivity contribution < 1.29 is 9.59 Å². The number of hydrogen-bond acceptors (Lipinski definition) is 3. The fourth-order valence-corrected chi connectivity index (χ4v) is 2.94. The molecule has 0 saturated carbocycles. The molecule has 0 bridgehead atoms. The van der Waals surface area contributed by atoms with Crippen molar-refractivity contribution in [1.82, 2.24) is 15.1 Å². The molecule has 1 aromatic carbocycles. The van der Waals surface area contributed by atoms with Gasteiger partial charge >= 0.3 is 0 Å². The molecule has 1 aliphatic heterocycles. The lowest BCUT2D eigenvalue weighted by Gasteiger charge is -2.34. The van der Waals surface area contributed by atoms with Gasteiger partial charge in [0.2, 0.25) is 11.8 Å². The number of halogens is 2. The van der Waals surface area contributed by atoms with Gasteiger partial charge in [-0.3, -0.25) is 14.5 Å². The molecular weight excluding hydrogens is 349 g/mol. The third-order valence-corrected chi connectivity index (χ3v) is 4.74. The molecule has 1 saturated heterocycles. The van der Waals surface area contributed by atoms with E-state index < -0.39 is 0 Å². The molecule has 5 nitrogen and oxygen atoms in total. The number of carbonyl (C=O) groups is 2. The van der Waals surface area contributed by atoms with E-state index in [-0.39, 0.29) is 11.8 Å². The number of nitrogens with zero attached hydrogens (tertiary/aromatic N) is 2. The van der Waals surface area contributed by atoms with Crippen LogP contribution in [0, 0.1) is 0 Å². The van der Waals surface area contributed by atoms with Crippen molar-refractivity contribution in [3.05, 3.63) is 33.8 Å². The summed E-state index contributed by atoms with van der Waals surface area (Å²) in [5.41, 5.74) is 0.857. The first-order valence-corrected chi connectivity index (χ1v) is 8.96. The first-order valence-electron chi connectivity index (χ1n) is 8.20. The zero-order chi connectivity index (χ0) is 17.5. The minimum atomic E-state index is 0.0485. The molecule has 2 amide bonds. The molecule has 1 fully saturated rings. The van der Waals surface area contributed by atoms with E-state index in [1.54, 1.807) is 12.1 Å². The molecule has 0 aromatic heterocycles. The maximum Gasteiger partial charge on any atom is 0.234 e. The summed E-state index contributed by atoms with van der Waals surface area (Å²) in [6.07, 6.45) is 1.25. The summed E-state index contributed by atoms with van der Waals surface area (Å²) in [6.45, 7) is 5.84. The standard InChI is InChI=1S/C17H23Cl2N3O2/c1-2-5-20-16(23)12-21-6-8-22(9-7-21)17(24)11-13-3-4-14(18)15(19)10-13/h3-4,10H,2,5-9,11-12H2,1H3,(H,20,23). The highest BCUT2D eigenvalue weighted by Crippen LogP contribution is 2.23. The van der Waals surface area contributed by atoms with Gasteiger partial charge in [-0.2, -0.15) is 0 Å². The van der Waals surface area contributed by atoms with Crippen LogP contribution < -0.4 is 5.32 Å². The van der Waals surface area contributed by atoms with Gasteiger partial charge in [0, 0.05) is 32.7 Å². The zero-order valence-corrected chi connectivity index (χ0v) is 15.4. The van der Waals surface area contributed by atoms with Crippen molar-refractivity contribution in [2.45, 2.75) is 19.8 Å². The van der Waals surface area contributed by atoms with E-state index in [9.17, 15) is 9.59 Å². The highest BCUT2D eigenvalue weighted by molar-refractivity contribution is 6.42. The molecule has 7 heteroatoms. The fraction of sp³-hybridized carbons (Fsp3) is 0.529. The Bertz CT molecular complexity index is 587. The van der Waals surface area contributed by atoms with Gasteiger partial charge in [-0.15, -0.1) is 0 Å². The minimum absolute atomic E-state index is 0.0485. The van der Waals surface area contributed by atoms with Crippen LogP contribution >= 0.6 is 23.2 Å². The Morgan fingerprint density at radius 3 is 2.46 bits per heavy atom. The first-order chi connectivity index (χ1) is 11.5. The predicted octanol–water partition coefficient (Wildman–Crippen LogP) is 2.21. The third kappa shape index (κ3) is 5.65. The zero-order valence-electron chi connectivity index (χ0n) is 13.9. The quantitative estimate of drug-likeness (QED) is 0.833. The van der Waals surface area contributed by atoms with Gasteiger partial charge < -0.3 is 10.2 Å². The predicted molar refractivity (Wildman–Crippen MR) is 96.5 cm³/mol. The summed E-state index contributed by atoms with van der Waals surface area (Å²) in [4.78, 5) is 28.0. The van der Waals surface area contributed by atoms with Crippen LogP contribution in [0.5, 0.6) is 0 Å². The Morgan fingerprint density at radius 2 is 1.83 bits per heavy atom. The molecule has 24 heavy (non-hydrogen) atoms. The summed E-state index contributed by atoms with van der Waals surface area (Å²) in [5, 5.41) is 3.82. The maximum atomic E-state index is 12.4. The Labute approximate surface area is 152 Å². The summed E-state index contributed by atoms with van der Waals surface area (Å²) < 4.78 is 0. The van der Waals surface area contributed by atoms with Crippen molar-refractivity contribution >= 4 is 35.0 Å². The highest BCUT2D eigenvalue weighted by Gasteiger charge is 2.22. The van der Waals surface area contributed by atoms with Gasteiger partial charge in [0.15, 0.2) is 0 Å².